The number of alkyl halides is 3. The Kier molecular flexibility index (Phi) is 5.43. The number of pyridine rings is 1. The summed E-state index contributed by atoms with van der Waals surface area (Å²) in [4.78, 5) is 5.86. The molecule has 1 heterocycles. The number of hydrogen-bond donors (Lipinski definition) is 1. The van der Waals surface area contributed by atoms with Crippen LogP contribution in [0.2, 0.25) is 5.15 Å². The number of aromatic nitrogens is 1. The van der Waals surface area contributed by atoms with Crippen molar-refractivity contribution in [1.29, 1.82) is 0 Å². The monoisotopic (exact) mass is 295 g/mol. The maximum Gasteiger partial charge on any atom is 0.416 e. The molecule has 0 bridgehead atoms. The van der Waals surface area contributed by atoms with Crippen LogP contribution in [0.1, 0.15) is 18.9 Å². The Morgan fingerprint density at radius 2 is 2.00 bits per heavy atom. The van der Waals surface area contributed by atoms with Gasteiger partial charge in [0.2, 0.25) is 0 Å². The van der Waals surface area contributed by atoms with Crippen molar-refractivity contribution in [3.8, 4) is 0 Å². The molecule has 0 aliphatic rings. The predicted octanol–water partition coefficient (Wildman–Crippen LogP) is 3.51. The van der Waals surface area contributed by atoms with Crippen LogP contribution in [0.3, 0.4) is 0 Å². The van der Waals surface area contributed by atoms with Crippen LogP contribution in [-0.4, -0.2) is 36.6 Å². The largest absolute Gasteiger partial charge is 0.416 e. The maximum absolute atomic E-state index is 12.6. The molecule has 0 saturated carbocycles. The molecule has 1 aromatic heterocycles. The molecule has 19 heavy (non-hydrogen) atoms. The summed E-state index contributed by atoms with van der Waals surface area (Å²) in [5.74, 6) is 0.145. The Labute approximate surface area is 115 Å². The normalized spacial score (nSPS) is 13.7. The van der Waals surface area contributed by atoms with Crippen LogP contribution < -0.4 is 5.32 Å². The Morgan fingerprint density at radius 3 is 2.53 bits per heavy atom. The van der Waals surface area contributed by atoms with Crippen LogP contribution >= 0.6 is 11.6 Å². The summed E-state index contributed by atoms with van der Waals surface area (Å²) in [6.45, 7) is 2.72. The highest BCUT2D eigenvalue weighted by atomic mass is 35.5. The summed E-state index contributed by atoms with van der Waals surface area (Å²) in [6.07, 6.45) is -3.63. The Bertz CT molecular complexity index is 421. The molecule has 0 spiro atoms. The second kappa shape index (κ2) is 6.43. The standard InChI is InChI=1S/C12H17ClF3N3/c1-8(4-5-19(2)3)17-11-7-9(12(14,15)16)6-10(13)18-11/h6-8H,4-5H2,1-3H3,(H,17,18). The van der Waals surface area contributed by atoms with E-state index in [1.165, 1.54) is 0 Å². The van der Waals surface area contributed by atoms with E-state index in [9.17, 15) is 13.2 Å². The molecule has 0 radical (unpaired) electrons. The zero-order chi connectivity index (χ0) is 14.6. The fraction of sp³-hybridized carbons (Fsp3) is 0.583. The molecule has 3 nitrogen and oxygen atoms in total. The third-order valence-corrected chi connectivity index (χ3v) is 2.72. The van der Waals surface area contributed by atoms with Gasteiger partial charge in [-0.3, -0.25) is 0 Å². The van der Waals surface area contributed by atoms with E-state index >= 15 is 0 Å². The lowest BCUT2D eigenvalue weighted by Crippen LogP contribution is -2.23. The van der Waals surface area contributed by atoms with Gasteiger partial charge in [0.25, 0.3) is 0 Å². The summed E-state index contributed by atoms with van der Waals surface area (Å²) in [5, 5.41) is 2.76. The molecule has 1 rings (SSSR count). The minimum atomic E-state index is -4.42. The van der Waals surface area contributed by atoms with Crippen LogP contribution in [0.25, 0.3) is 0 Å². The molecule has 0 saturated heterocycles. The van der Waals surface area contributed by atoms with E-state index in [2.05, 4.69) is 10.3 Å². The van der Waals surface area contributed by atoms with Crippen molar-refractivity contribution < 1.29 is 13.2 Å². The van der Waals surface area contributed by atoms with Crippen LogP contribution in [-0.2, 0) is 6.18 Å². The SMILES string of the molecule is CC(CCN(C)C)Nc1cc(C(F)(F)F)cc(Cl)n1. The smallest absolute Gasteiger partial charge is 0.368 e. The second-order valence-electron chi connectivity index (χ2n) is 4.70. The van der Waals surface area contributed by atoms with E-state index < -0.39 is 11.7 Å². The zero-order valence-electron chi connectivity index (χ0n) is 11.1. The van der Waals surface area contributed by atoms with Gasteiger partial charge in [-0.15, -0.1) is 0 Å². The van der Waals surface area contributed by atoms with Crippen molar-refractivity contribution in [2.45, 2.75) is 25.6 Å². The lowest BCUT2D eigenvalue weighted by molar-refractivity contribution is -0.137. The van der Waals surface area contributed by atoms with Gasteiger partial charge in [-0.05, 0) is 46.1 Å². The van der Waals surface area contributed by atoms with Crippen LogP contribution in [0, 0.1) is 0 Å². The third kappa shape index (κ3) is 5.65. The van der Waals surface area contributed by atoms with Crippen molar-refractivity contribution in [2.24, 2.45) is 0 Å². The number of anilines is 1. The number of halogens is 4. The highest BCUT2D eigenvalue weighted by Crippen LogP contribution is 2.32. The van der Waals surface area contributed by atoms with E-state index in [-0.39, 0.29) is 17.0 Å². The van der Waals surface area contributed by atoms with Crippen molar-refractivity contribution in [2.75, 3.05) is 26.0 Å². The quantitative estimate of drug-likeness (QED) is 0.843. The third-order valence-electron chi connectivity index (χ3n) is 2.53. The first-order chi connectivity index (χ1) is 8.68. The fourth-order valence-electron chi connectivity index (χ4n) is 1.51. The molecule has 0 fully saturated rings. The maximum atomic E-state index is 12.6. The molecule has 0 aliphatic carbocycles. The highest BCUT2D eigenvalue weighted by molar-refractivity contribution is 6.29. The molecule has 108 valence electrons. The van der Waals surface area contributed by atoms with E-state index in [1.54, 1.807) is 0 Å². The molecule has 0 aliphatic heterocycles. The van der Waals surface area contributed by atoms with Gasteiger partial charge in [0, 0.05) is 6.04 Å². The van der Waals surface area contributed by atoms with Gasteiger partial charge in [-0.25, -0.2) is 4.98 Å². The highest BCUT2D eigenvalue weighted by Gasteiger charge is 2.31. The Hall–Kier alpha value is -1.01. The van der Waals surface area contributed by atoms with Gasteiger partial charge in [0.1, 0.15) is 11.0 Å². The average Bonchev–Trinajstić information content (AvgIpc) is 2.24. The molecule has 1 aromatic rings. The van der Waals surface area contributed by atoms with Gasteiger partial charge in [-0.1, -0.05) is 11.6 Å². The number of nitrogens with zero attached hydrogens (tertiary/aromatic N) is 2. The summed E-state index contributed by atoms with van der Waals surface area (Å²) in [7, 11) is 3.87. The molecule has 0 amide bonds. The summed E-state index contributed by atoms with van der Waals surface area (Å²) < 4.78 is 37.9. The van der Waals surface area contributed by atoms with Gasteiger partial charge >= 0.3 is 6.18 Å². The zero-order valence-corrected chi connectivity index (χ0v) is 11.8. The predicted molar refractivity (Wildman–Crippen MR) is 70.5 cm³/mol. The van der Waals surface area contributed by atoms with E-state index in [0.29, 0.717) is 0 Å². The lowest BCUT2D eigenvalue weighted by Gasteiger charge is -2.18. The van der Waals surface area contributed by atoms with Crippen LogP contribution in [0.15, 0.2) is 12.1 Å². The molecule has 1 unspecified atom stereocenters. The first-order valence-corrected chi connectivity index (χ1v) is 6.22. The molecule has 1 atom stereocenters. The first-order valence-electron chi connectivity index (χ1n) is 5.84. The van der Waals surface area contributed by atoms with E-state index in [0.717, 1.165) is 25.1 Å². The number of nitrogens with one attached hydrogen (secondary N) is 1. The van der Waals surface area contributed by atoms with Crippen molar-refractivity contribution in [3.63, 3.8) is 0 Å². The molecule has 0 aromatic carbocycles. The number of hydrogen-bond acceptors (Lipinski definition) is 3. The number of rotatable bonds is 5. The van der Waals surface area contributed by atoms with Crippen molar-refractivity contribution >= 4 is 17.4 Å². The second-order valence-corrected chi connectivity index (χ2v) is 5.09. The van der Waals surface area contributed by atoms with Gasteiger partial charge in [-0.2, -0.15) is 13.2 Å². The lowest BCUT2D eigenvalue weighted by atomic mass is 10.2. The Balaban J connectivity index is 2.76. The van der Waals surface area contributed by atoms with Crippen molar-refractivity contribution in [3.05, 3.63) is 22.8 Å². The molecule has 1 N–H and O–H groups in total. The van der Waals surface area contributed by atoms with E-state index in [1.807, 2.05) is 25.9 Å². The first kappa shape index (κ1) is 16.0. The van der Waals surface area contributed by atoms with E-state index in [4.69, 9.17) is 11.6 Å². The van der Waals surface area contributed by atoms with Gasteiger partial charge in [0.05, 0.1) is 5.56 Å². The molecule has 7 heteroatoms. The average molecular weight is 296 g/mol. The topological polar surface area (TPSA) is 28.2 Å². The van der Waals surface area contributed by atoms with Crippen LogP contribution in [0.4, 0.5) is 19.0 Å². The summed E-state index contributed by atoms with van der Waals surface area (Å²) >= 11 is 5.61. The molecular weight excluding hydrogens is 279 g/mol. The Morgan fingerprint density at radius 1 is 1.37 bits per heavy atom. The summed E-state index contributed by atoms with van der Waals surface area (Å²) in [5.41, 5.74) is -0.796. The minimum absolute atomic E-state index is 0.00875. The minimum Gasteiger partial charge on any atom is -0.368 e. The summed E-state index contributed by atoms with van der Waals surface area (Å²) in [6, 6.07) is 1.80. The van der Waals surface area contributed by atoms with Crippen molar-refractivity contribution in [1.82, 2.24) is 9.88 Å². The fourth-order valence-corrected chi connectivity index (χ4v) is 1.72. The van der Waals surface area contributed by atoms with Crippen LogP contribution in [0.5, 0.6) is 0 Å². The van der Waals surface area contributed by atoms with Gasteiger partial charge < -0.3 is 10.2 Å². The molecular formula is C12H17ClF3N3. The van der Waals surface area contributed by atoms with Gasteiger partial charge in [0.15, 0.2) is 0 Å².